The van der Waals surface area contributed by atoms with Gasteiger partial charge in [-0.3, -0.25) is 0 Å². The average molecular weight is 304 g/mol. The highest BCUT2D eigenvalue weighted by molar-refractivity contribution is 7.88. The summed E-state index contributed by atoms with van der Waals surface area (Å²) in [5.41, 5.74) is -4.57. The number of benzene rings is 1. The molecule has 2 rings (SSSR count). The van der Waals surface area contributed by atoms with Crippen molar-refractivity contribution in [3.05, 3.63) is 29.5 Å². The summed E-state index contributed by atoms with van der Waals surface area (Å²) in [7, 11) is -5.75. The molecule has 9 heteroatoms. The fourth-order valence-electron chi connectivity index (χ4n) is 1.66. The minimum absolute atomic E-state index is 0.0920. The van der Waals surface area contributed by atoms with Crippen molar-refractivity contribution >= 4 is 21.0 Å². The van der Waals surface area contributed by atoms with E-state index < -0.39 is 21.4 Å². The minimum Gasteiger partial charge on any atom is -0.375 e. The maximum absolute atomic E-state index is 12.3. The third-order valence-corrected chi connectivity index (χ3v) is 3.46. The van der Waals surface area contributed by atoms with E-state index in [1.807, 2.05) is 6.07 Å². The van der Waals surface area contributed by atoms with Gasteiger partial charge in [-0.1, -0.05) is 0 Å². The van der Waals surface area contributed by atoms with Gasteiger partial charge in [0.2, 0.25) is 0 Å². The SMILES string of the molecule is Cc1cc2c(OS(=O)(=O)C(F)(F)F)ccc(C#N)c2[nH]1. The fourth-order valence-corrected chi connectivity index (χ4v) is 2.14. The molecule has 0 aliphatic heterocycles. The molecule has 2 aromatic rings. The average Bonchev–Trinajstić information content (AvgIpc) is 2.69. The first-order chi connectivity index (χ1) is 9.15. The van der Waals surface area contributed by atoms with Crippen molar-refractivity contribution in [2.45, 2.75) is 12.4 Å². The number of aromatic amines is 1. The number of fused-ring (bicyclic) bond motifs is 1. The minimum atomic E-state index is -5.75. The lowest BCUT2D eigenvalue weighted by Crippen LogP contribution is -2.28. The molecule has 0 aliphatic rings. The van der Waals surface area contributed by atoms with Crippen LogP contribution in [0.5, 0.6) is 5.75 Å². The third-order valence-electron chi connectivity index (χ3n) is 2.49. The van der Waals surface area contributed by atoms with Gasteiger partial charge in [0, 0.05) is 11.1 Å². The highest BCUT2D eigenvalue weighted by Crippen LogP contribution is 2.33. The molecule has 0 bridgehead atoms. The van der Waals surface area contributed by atoms with E-state index in [-0.39, 0.29) is 16.5 Å². The van der Waals surface area contributed by atoms with Crippen molar-refractivity contribution in [3.63, 3.8) is 0 Å². The van der Waals surface area contributed by atoms with E-state index in [4.69, 9.17) is 5.26 Å². The molecule has 1 aromatic carbocycles. The van der Waals surface area contributed by atoms with E-state index in [1.54, 1.807) is 6.92 Å². The standard InChI is InChI=1S/C11H7F3N2O3S/c1-6-4-8-9(19-20(17,18)11(12,13)14)3-2-7(5-15)10(8)16-6/h2-4,16H,1H3. The first-order valence-corrected chi connectivity index (χ1v) is 6.60. The van der Waals surface area contributed by atoms with Gasteiger partial charge in [0.1, 0.15) is 6.07 Å². The van der Waals surface area contributed by atoms with E-state index in [2.05, 4.69) is 9.17 Å². The number of hydrogen-bond acceptors (Lipinski definition) is 4. The second-order valence-electron chi connectivity index (χ2n) is 3.95. The van der Waals surface area contributed by atoms with Gasteiger partial charge in [-0.25, -0.2) is 0 Å². The second-order valence-corrected chi connectivity index (χ2v) is 5.49. The molecule has 5 nitrogen and oxygen atoms in total. The van der Waals surface area contributed by atoms with Gasteiger partial charge in [-0.2, -0.15) is 26.9 Å². The number of nitrogens with one attached hydrogen (secondary N) is 1. The van der Waals surface area contributed by atoms with E-state index >= 15 is 0 Å². The largest absolute Gasteiger partial charge is 0.534 e. The molecule has 0 saturated carbocycles. The zero-order valence-electron chi connectivity index (χ0n) is 9.95. The van der Waals surface area contributed by atoms with Gasteiger partial charge in [-0.15, -0.1) is 0 Å². The number of H-pyrrole nitrogens is 1. The Morgan fingerprint density at radius 3 is 2.55 bits per heavy atom. The normalized spacial score (nSPS) is 12.3. The van der Waals surface area contributed by atoms with Crippen LogP contribution in [0.25, 0.3) is 10.9 Å². The van der Waals surface area contributed by atoms with E-state index in [1.165, 1.54) is 12.1 Å². The van der Waals surface area contributed by atoms with E-state index in [9.17, 15) is 21.6 Å². The van der Waals surface area contributed by atoms with Crippen LogP contribution in [0.1, 0.15) is 11.3 Å². The summed E-state index contributed by atoms with van der Waals surface area (Å²) in [5, 5.41) is 8.98. The lowest BCUT2D eigenvalue weighted by Gasteiger charge is -2.10. The molecule has 106 valence electrons. The Kier molecular flexibility index (Phi) is 3.14. The molecule has 0 radical (unpaired) electrons. The van der Waals surface area contributed by atoms with Crippen LogP contribution in [0.4, 0.5) is 13.2 Å². The van der Waals surface area contributed by atoms with E-state index in [0.29, 0.717) is 5.69 Å². The molecule has 0 saturated heterocycles. The van der Waals surface area contributed by atoms with Gasteiger partial charge in [0.25, 0.3) is 0 Å². The number of rotatable bonds is 2. The topological polar surface area (TPSA) is 82.9 Å². The Labute approximate surface area is 111 Å². The number of nitriles is 1. The highest BCUT2D eigenvalue weighted by Gasteiger charge is 2.48. The van der Waals surface area contributed by atoms with E-state index in [0.717, 1.165) is 6.07 Å². The number of aromatic nitrogens is 1. The first-order valence-electron chi connectivity index (χ1n) is 5.19. The first kappa shape index (κ1) is 14.2. The van der Waals surface area contributed by atoms with Crippen molar-refractivity contribution in [3.8, 4) is 11.8 Å². The van der Waals surface area contributed by atoms with Gasteiger partial charge in [0.05, 0.1) is 11.1 Å². The number of hydrogen-bond donors (Lipinski definition) is 1. The number of aryl methyl sites for hydroxylation is 1. The second kappa shape index (κ2) is 4.42. The van der Waals surface area contributed by atoms with Crippen LogP contribution in [0.3, 0.4) is 0 Å². The predicted molar refractivity (Wildman–Crippen MR) is 63.4 cm³/mol. The summed E-state index contributed by atoms with van der Waals surface area (Å²) < 4.78 is 63.0. The molecule has 0 spiro atoms. The summed E-state index contributed by atoms with van der Waals surface area (Å²) in [6.45, 7) is 1.61. The summed E-state index contributed by atoms with van der Waals surface area (Å²) in [5.74, 6) is -0.485. The summed E-state index contributed by atoms with van der Waals surface area (Å²) >= 11 is 0. The van der Waals surface area contributed by atoms with Gasteiger partial charge >= 0.3 is 15.6 Å². The van der Waals surface area contributed by atoms with Crippen molar-refractivity contribution in [2.75, 3.05) is 0 Å². The van der Waals surface area contributed by atoms with Gasteiger partial charge in [-0.05, 0) is 25.1 Å². The zero-order chi connectivity index (χ0) is 15.1. The Bertz CT molecular complexity index is 816. The molecule has 1 heterocycles. The Hall–Kier alpha value is -2.21. The molecule has 20 heavy (non-hydrogen) atoms. The molecule has 0 amide bonds. The summed E-state index contributed by atoms with van der Waals surface area (Å²) in [4.78, 5) is 2.76. The van der Waals surface area contributed by atoms with Crippen molar-refractivity contribution in [1.82, 2.24) is 4.98 Å². The molecule has 1 aromatic heterocycles. The van der Waals surface area contributed by atoms with Gasteiger partial charge in [0.15, 0.2) is 5.75 Å². The lowest BCUT2D eigenvalue weighted by molar-refractivity contribution is -0.0499. The van der Waals surface area contributed by atoms with Crippen LogP contribution in [0.2, 0.25) is 0 Å². The molecule has 1 N–H and O–H groups in total. The zero-order valence-corrected chi connectivity index (χ0v) is 10.8. The van der Waals surface area contributed by atoms with Crippen molar-refractivity contribution < 1.29 is 25.8 Å². The molecule has 0 unspecified atom stereocenters. The third kappa shape index (κ3) is 2.30. The van der Waals surface area contributed by atoms with Crippen LogP contribution < -0.4 is 4.18 Å². The van der Waals surface area contributed by atoms with Crippen LogP contribution in [-0.2, 0) is 10.1 Å². The Balaban J connectivity index is 2.61. The van der Waals surface area contributed by atoms with Gasteiger partial charge < -0.3 is 9.17 Å². The quantitative estimate of drug-likeness (QED) is 0.683. The molecular formula is C11H7F3N2O3S. The predicted octanol–water partition coefficient (Wildman–Crippen LogP) is 2.58. The number of halogens is 3. The van der Waals surface area contributed by atoms with Crippen molar-refractivity contribution in [1.29, 1.82) is 5.26 Å². The Morgan fingerprint density at radius 1 is 1.35 bits per heavy atom. The smallest absolute Gasteiger partial charge is 0.375 e. The molecular weight excluding hydrogens is 297 g/mol. The van der Waals surface area contributed by atoms with Crippen LogP contribution in [0.15, 0.2) is 18.2 Å². The fraction of sp³-hybridized carbons (Fsp3) is 0.182. The number of nitrogens with zero attached hydrogens (tertiary/aromatic N) is 1. The van der Waals surface area contributed by atoms with Crippen LogP contribution in [-0.4, -0.2) is 18.9 Å². The molecule has 0 aliphatic carbocycles. The highest BCUT2D eigenvalue weighted by atomic mass is 32.2. The molecule has 0 atom stereocenters. The maximum Gasteiger partial charge on any atom is 0.534 e. The summed E-state index contributed by atoms with van der Waals surface area (Å²) in [6, 6.07) is 5.44. The lowest BCUT2D eigenvalue weighted by atomic mass is 10.1. The van der Waals surface area contributed by atoms with Crippen LogP contribution in [0, 0.1) is 18.3 Å². The van der Waals surface area contributed by atoms with Crippen LogP contribution >= 0.6 is 0 Å². The summed E-state index contributed by atoms with van der Waals surface area (Å²) in [6.07, 6.45) is 0. The maximum atomic E-state index is 12.3. The van der Waals surface area contributed by atoms with Crippen molar-refractivity contribution in [2.24, 2.45) is 0 Å². The Morgan fingerprint density at radius 2 is 2.00 bits per heavy atom. The monoisotopic (exact) mass is 304 g/mol. The molecule has 0 fully saturated rings. The number of alkyl halides is 3.